The Balaban J connectivity index is 2.25. The number of nitrogens with zero attached hydrogens (tertiary/aromatic N) is 1. The highest BCUT2D eigenvalue weighted by Crippen LogP contribution is 2.30. The second-order valence-corrected chi connectivity index (χ2v) is 3.89. The highest BCUT2D eigenvalue weighted by atomic mass is 35.5. The fourth-order valence-corrected chi connectivity index (χ4v) is 1.89. The molecule has 2 heterocycles. The van der Waals surface area contributed by atoms with Gasteiger partial charge in [-0.25, -0.2) is 4.98 Å². The molecule has 0 atom stereocenters. The molecule has 0 aliphatic rings. The first-order valence-corrected chi connectivity index (χ1v) is 5.10. The Kier molecular flexibility index (Phi) is 1.91. The van der Waals surface area contributed by atoms with Crippen molar-refractivity contribution in [2.24, 2.45) is 0 Å². The second-order valence-electron chi connectivity index (χ2n) is 3.46. The lowest BCUT2D eigenvalue weighted by Gasteiger charge is -1.94. The Labute approximate surface area is 96.0 Å². The molecular formula is C11H8ClN3O. The van der Waals surface area contributed by atoms with Gasteiger partial charge < -0.3 is 15.1 Å². The van der Waals surface area contributed by atoms with E-state index in [9.17, 15) is 0 Å². The molecule has 0 saturated heterocycles. The van der Waals surface area contributed by atoms with E-state index in [0.29, 0.717) is 10.8 Å². The molecule has 0 unspecified atom stereocenters. The van der Waals surface area contributed by atoms with Crippen LogP contribution in [0.3, 0.4) is 0 Å². The van der Waals surface area contributed by atoms with Gasteiger partial charge in [-0.05, 0) is 12.1 Å². The van der Waals surface area contributed by atoms with Gasteiger partial charge in [0.05, 0.1) is 6.20 Å². The van der Waals surface area contributed by atoms with Gasteiger partial charge in [0, 0.05) is 27.7 Å². The fourth-order valence-electron chi connectivity index (χ4n) is 1.71. The number of halogens is 1. The number of nitrogens with one attached hydrogen (secondary N) is 1. The van der Waals surface area contributed by atoms with E-state index in [0.717, 1.165) is 16.5 Å². The maximum atomic E-state index is 5.90. The third kappa shape index (κ3) is 1.35. The smallest absolute Gasteiger partial charge is 0.292 e. The third-order valence-corrected chi connectivity index (χ3v) is 2.67. The van der Waals surface area contributed by atoms with E-state index in [1.54, 1.807) is 6.20 Å². The normalized spacial score (nSPS) is 11.1. The molecule has 1 aromatic carbocycles. The predicted octanol–water partition coefficient (Wildman–Crippen LogP) is 3.06. The topological polar surface area (TPSA) is 67.8 Å². The zero-order valence-electron chi connectivity index (χ0n) is 8.20. The average molecular weight is 234 g/mol. The lowest BCUT2D eigenvalue weighted by molar-refractivity contribution is 0.595. The zero-order valence-corrected chi connectivity index (χ0v) is 8.95. The molecule has 0 fully saturated rings. The van der Waals surface area contributed by atoms with Crippen LogP contribution < -0.4 is 5.73 Å². The molecule has 0 spiro atoms. The summed E-state index contributed by atoms with van der Waals surface area (Å²) in [6.07, 6.45) is 3.45. The van der Waals surface area contributed by atoms with E-state index in [4.69, 9.17) is 21.8 Å². The van der Waals surface area contributed by atoms with Crippen LogP contribution in [0.4, 0.5) is 6.01 Å². The predicted molar refractivity (Wildman–Crippen MR) is 63.2 cm³/mol. The molecule has 0 amide bonds. The van der Waals surface area contributed by atoms with Crippen molar-refractivity contribution < 1.29 is 4.42 Å². The monoisotopic (exact) mass is 233 g/mol. The molecular weight excluding hydrogens is 226 g/mol. The van der Waals surface area contributed by atoms with E-state index in [1.165, 1.54) is 0 Å². The van der Waals surface area contributed by atoms with Crippen molar-refractivity contribution in [1.29, 1.82) is 0 Å². The summed E-state index contributed by atoms with van der Waals surface area (Å²) in [5.41, 5.74) is 7.33. The van der Waals surface area contributed by atoms with Crippen LogP contribution in [0.1, 0.15) is 0 Å². The van der Waals surface area contributed by atoms with Crippen molar-refractivity contribution in [1.82, 2.24) is 9.97 Å². The number of fused-ring (bicyclic) bond motifs is 1. The number of aromatic nitrogens is 2. The van der Waals surface area contributed by atoms with Gasteiger partial charge in [0.25, 0.3) is 6.01 Å². The molecule has 3 aromatic rings. The Morgan fingerprint density at radius 1 is 1.38 bits per heavy atom. The van der Waals surface area contributed by atoms with Crippen molar-refractivity contribution in [3.8, 4) is 11.3 Å². The Hall–Kier alpha value is -1.94. The summed E-state index contributed by atoms with van der Waals surface area (Å²) in [6.45, 7) is 0. The van der Waals surface area contributed by atoms with Crippen LogP contribution in [-0.4, -0.2) is 9.97 Å². The number of benzene rings is 1. The van der Waals surface area contributed by atoms with Gasteiger partial charge in [0.1, 0.15) is 0 Å². The number of nitrogen functional groups attached to an aromatic ring is 1. The summed E-state index contributed by atoms with van der Waals surface area (Å²) in [4.78, 5) is 6.99. The van der Waals surface area contributed by atoms with E-state index >= 15 is 0 Å². The number of hydrogen-bond donors (Lipinski definition) is 2. The van der Waals surface area contributed by atoms with Crippen molar-refractivity contribution in [2.45, 2.75) is 0 Å². The number of aromatic amines is 1. The highest BCUT2D eigenvalue weighted by molar-refractivity contribution is 6.31. The number of H-pyrrole nitrogens is 1. The van der Waals surface area contributed by atoms with Crippen molar-refractivity contribution in [3.05, 3.63) is 35.6 Å². The summed E-state index contributed by atoms with van der Waals surface area (Å²) in [7, 11) is 0. The highest BCUT2D eigenvalue weighted by Gasteiger charge is 2.10. The molecule has 0 radical (unpaired) electrons. The molecule has 5 heteroatoms. The molecule has 0 aliphatic heterocycles. The molecule has 0 saturated carbocycles. The number of oxazole rings is 1. The molecule has 3 rings (SSSR count). The average Bonchev–Trinajstić information content (AvgIpc) is 2.83. The van der Waals surface area contributed by atoms with Gasteiger partial charge in [-0.3, -0.25) is 0 Å². The molecule has 2 aromatic heterocycles. The largest absolute Gasteiger partial charge is 0.424 e. The summed E-state index contributed by atoms with van der Waals surface area (Å²) in [6, 6.07) is 5.79. The molecule has 0 bridgehead atoms. The van der Waals surface area contributed by atoms with E-state index in [1.807, 2.05) is 24.4 Å². The van der Waals surface area contributed by atoms with Crippen molar-refractivity contribution >= 4 is 28.5 Å². The second kappa shape index (κ2) is 3.28. The van der Waals surface area contributed by atoms with Crippen LogP contribution >= 0.6 is 11.6 Å². The molecule has 3 N–H and O–H groups in total. The minimum atomic E-state index is 0.165. The molecule has 80 valence electrons. The number of hydrogen-bond acceptors (Lipinski definition) is 3. The van der Waals surface area contributed by atoms with E-state index in [2.05, 4.69) is 9.97 Å². The Bertz CT molecular complexity index is 656. The van der Waals surface area contributed by atoms with Crippen molar-refractivity contribution in [3.63, 3.8) is 0 Å². The van der Waals surface area contributed by atoms with Gasteiger partial charge in [-0.1, -0.05) is 17.7 Å². The SMILES string of the molecule is Nc1ncc(-c2c[nH]c3cc(Cl)ccc23)o1. The maximum Gasteiger partial charge on any atom is 0.292 e. The lowest BCUT2D eigenvalue weighted by Crippen LogP contribution is -1.79. The minimum Gasteiger partial charge on any atom is -0.424 e. The van der Waals surface area contributed by atoms with Gasteiger partial charge >= 0.3 is 0 Å². The standard InChI is InChI=1S/C11H8ClN3O/c12-6-1-2-7-8(4-14-9(7)3-6)10-5-15-11(13)16-10/h1-5,14H,(H2,13,15). The summed E-state index contributed by atoms with van der Waals surface area (Å²) >= 11 is 5.90. The van der Waals surface area contributed by atoms with E-state index in [-0.39, 0.29) is 6.01 Å². The first-order valence-electron chi connectivity index (χ1n) is 4.72. The van der Waals surface area contributed by atoms with Crippen molar-refractivity contribution in [2.75, 3.05) is 5.73 Å². The van der Waals surface area contributed by atoms with Gasteiger partial charge in [-0.2, -0.15) is 0 Å². The number of rotatable bonds is 1. The van der Waals surface area contributed by atoms with Gasteiger partial charge in [-0.15, -0.1) is 0 Å². The first-order chi connectivity index (χ1) is 7.74. The maximum absolute atomic E-state index is 5.90. The van der Waals surface area contributed by atoms with Gasteiger partial charge in [0.2, 0.25) is 0 Å². The summed E-state index contributed by atoms with van der Waals surface area (Å²) in [5, 5.41) is 1.72. The Morgan fingerprint density at radius 2 is 2.25 bits per heavy atom. The van der Waals surface area contributed by atoms with Crippen LogP contribution in [0, 0.1) is 0 Å². The lowest BCUT2D eigenvalue weighted by atomic mass is 10.1. The van der Waals surface area contributed by atoms with Crippen LogP contribution in [0.5, 0.6) is 0 Å². The summed E-state index contributed by atoms with van der Waals surface area (Å²) < 4.78 is 5.28. The summed E-state index contributed by atoms with van der Waals surface area (Å²) in [5.74, 6) is 0.645. The number of anilines is 1. The fraction of sp³-hybridized carbons (Fsp3) is 0. The molecule has 0 aliphatic carbocycles. The number of nitrogens with two attached hydrogens (primary N) is 1. The van der Waals surface area contributed by atoms with Crippen LogP contribution in [-0.2, 0) is 0 Å². The zero-order chi connectivity index (χ0) is 11.1. The quantitative estimate of drug-likeness (QED) is 0.679. The first kappa shape index (κ1) is 9.30. The van der Waals surface area contributed by atoms with Crippen LogP contribution in [0.15, 0.2) is 35.0 Å². The van der Waals surface area contributed by atoms with E-state index < -0.39 is 0 Å². The van der Waals surface area contributed by atoms with Crippen LogP contribution in [0.2, 0.25) is 5.02 Å². The molecule has 16 heavy (non-hydrogen) atoms. The minimum absolute atomic E-state index is 0.165. The molecule has 4 nitrogen and oxygen atoms in total. The van der Waals surface area contributed by atoms with Crippen LogP contribution in [0.25, 0.3) is 22.2 Å². The van der Waals surface area contributed by atoms with Gasteiger partial charge in [0.15, 0.2) is 5.76 Å². The Morgan fingerprint density at radius 3 is 3.00 bits per heavy atom. The third-order valence-electron chi connectivity index (χ3n) is 2.43.